The lowest BCUT2D eigenvalue weighted by molar-refractivity contribution is -0.131. The van der Waals surface area contributed by atoms with E-state index in [0.29, 0.717) is 18.4 Å². The fourth-order valence-electron chi connectivity index (χ4n) is 2.38. The summed E-state index contributed by atoms with van der Waals surface area (Å²) in [4.78, 5) is 35.9. The molecule has 0 spiro atoms. The molecule has 0 aliphatic heterocycles. The van der Waals surface area contributed by atoms with Crippen LogP contribution in [-0.2, 0) is 20.8 Å². The fraction of sp³-hybridized carbons (Fsp3) is 0.526. The molecule has 2 amide bonds. The standard InChI is InChI=1S/C19H26F2N2O3/c1-11(2)5-6-17(24)12(3)22-13(4)19(26)23-18(25)9-14-7-15(20)10-16(21)8-14/h7-8,10-13,22H,5-6,9H2,1-4H3,(H,23,25,26)/t12-,13-/m0/s1. The second-order valence-corrected chi connectivity index (χ2v) is 6.88. The van der Waals surface area contributed by atoms with Gasteiger partial charge in [-0.05, 0) is 43.9 Å². The van der Waals surface area contributed by atoms with Gasteiger partial charge in [0, 0.05) is 12.5 Å². The molecular weight excluding hydrogens is 342 g/mol. The lowest BCUT2D eigenvalue weighted by Gasteiger charge is -2.19. The summed E-state index contributed by atoms with van der Waals surface area (Å²) in [5.74, 6) is -2.44. The van der Waals surface area contributed by atoms with Gasteiger partial charge >= 0.3 is 0 Å². The molecule has 0 heterocycles. The van der Waals surface area contributed by atoms with Gasteiger partial charge in [-0.2, -0.15) is 0 Å². The van der Waals surface area contributed by atoms with Gasteiger partial charge in [-0.3, -0.25) is 25.0 Å². The van der Waals surface area contributed by atoms with Gasteiger partial charge in [-0.1, -0.05) is 13.8 Å². The van der Waals surface area contributed by atoms with E-state index in [1.807, 2.05) is 13.8 Å². The summed E-state index contributed by atoms with van der Waals surface area (Å²) in [7, 11) is 0. The summed E-state index contributed by atoms with van der Waals surface area (Å²) in [5.41, 5.74) is 0.130. The van der Waals surface area contributed by atoms with Gasteiger partial charge in [0.05, 0.1) is 18.5 Å². The molecule has 0 bridgehead atoms. The largest absolute Gasteiger partial charge is 0.298 e. The molecule has 2 atom stereocenters. The number of rotatable bonds is 9. The first kappa shape index (κ1) is 21.9. The van der Waals surface area contributed by atoms with Crippen LogP contribution in [0.3, 0.4) is 0 Å². The summed E-state index contributed by atoms with van der Waals surface area (Å²) < 4.78 is 26.2. The van der Waals surface area contributed by atoms with Crippen LogP contribution in [0.4, 0.5) is 8.78 Å². The molecule has 1 rings (SSSR count). The molecule has 0 unspecified atom stereocenters. The van der Waals surface area contributed by atoms with E-state index in [-0.39, 0.29) is 17.8 Å². The van der Waals surface area contributed by atoms with Crippen LogP contribution in [-0.4, -0.2) is 29.7 Å². The Balaban J connectivity index is 2.50. The van der Waals surface area contributed by atoms with Crippen molar-refractivity contribution in [3.8, 4) is 0 Å². The molecule has 0 aliphatic rings. The molecule has 0 fully saturated rings. The number of amides is 2. The maximum Gasteiger partial charge on any atom is 0.243 e. The summed E-state index contributed by atoms with van der Waals surface area (Å²) >= 11 is 0. The molecule has 144 valence electrons. The highest BCUT2D eigenvalue weighted by molar-refractivity contribution is 5.98. The van der Waals surface area contributed by atoms with Crippen LogP contribution in [0.2, 0.25) is 0 Å². The van der Waals surface area contributed by atoms with E-state index >= 15 is 0 Å². The first-order valence-corrected chi connectivity index (χ1v) is 8.66. The van der Waals surface area contributed by atoms with Crippen LogP contribution >= 0.6 is 0 Å². The van der Waals surface area contributed by atoms with Crippen LogP contribution in [0, 0.1) is 17.6 Å². The van der Waals surface area contributed by atoms with Gasteiger partial charge in [-0.15, -0.1) is 0 Å². The molecule has 1 aromatic carbocycles. The van der Waals surface area contributed by atoms with Crippen molar-refractivity contribution in [2.24, 2.45) is 5.92 Å². The van der Waals surface area contributed by atoms with Crippen molar-refractivity contribution < 1.29 is 23.2 Å². The monoisotopic (exact) mass is 368 g/mol. The zero-order chi connectivity index (χ0) is 19.9. The molecule has 0 radical (unpaired) electrons. The average molecular weight is 368 g/mol. The smallest absolute Gasteiger partial charge is 0.243 e. The van der Waals surface area contributed by atoms with Crippen molar-refractivity contribution in [3.05, 3.63) is 35.4 Å². The number of carbonyl (C=O) groups excluding carboxylic acids is 3. The van der Waals surface area contributed by atoms with E-state index in [1.165, 1.54) is 6.92 Å². The Morgan fingerprint density at radius 1 is 0.962 bits per heavy atom. The van der Waals surface area contributed by atoms with E-state index in [9.17, 15) is 23.2 Å². The molecule has 1 aromatic rings. The summed E-state index contributed by atoms with van der Waals surface area (Å²) in [6, 6.07) is 1.49. The third-order valence-electron chi connectivity index (χ3n) is 3.89. The van der Waals surface area contributed by atoms with Crippen molar-refractivity contribution >= 4 is 17.6 Å². The Labute approximate surface area is 152 Å². The molecule has 2 N–H and O–H groups in total. The Morgan fingerprint density at radius 2 is 1.54 bits per heavy atom. The number of hydrogen-bond donors (Lipinski definition) is 2. The highest BCUT2D eigenvalue weighted by Crippen LogP contribution is 2.09. The van der Waals surface area contributed by atoms with E-state index in [1.54, 1.807) is 6.92 Å². The highest BCUT2D eigenvalue weighted by atomic mass is 19.1. The zero-order valence-corrected chi connectivity index (χ0v) is 15.6. The van der Waals surface area contributed by atoms with Gasteiger partial charge in [0.1, 0.15) is 17.4 Å². The molecule has 0 saturated heterocycles. The van der Waals surface area contributed by atoms with Gasteiger partial charge in [0.15, 0.2) is 0 Å². The average Bonchev–Trinajstić information content (AvgIpc) is 2.50. The van der Waals surface area contributed by atoms with E-state index in [0.717, 1.165) is 18.6 Å². The Morgan fingerprint density at radius 3 is 2.08 bits per heavy atom. The number of hydrogen-bond acceptors (Lipinski definition) is 4. The zero-order valence-electron chi connectivity index (χ0n) is 15.6. The Kier molecular flexibility index (Phi) is 8.51. The van der Waals surface area contributed by atoms with Gasteiger partial charge < -0.3 is 0 Å². The normalized spacial score (nSPS) is 13.3. The van der Waals surface area contributed by atoms with Crippen LogP contribution in [0.15, 0.2) is 18.2 Å². The second kappa shape index (κ2) is 10.1. The first-order chi connectivity index (χ1) is 12.1. The maximum atomic E-state index is 13.1. The summed E-state index contributed by atoms with van der Waals surface area (Å²) in [6.07, 6.45) is 0.869. The van der Waals surface area contributed by atoms with E-state index in [4.69, 9.17) is 0 Å². The van der Waals surface area contributed by atoms with Crippen LogP contribution in [0.5, 0.6) is 0 Å². The number of imide groups is 1. The minimum absolute atomic E-state index is 0.0000810. The fourth-order valence-corrected chi connectivity index (χ4v) is 2.38. The number of nitrogens with one attached hydrogen (secondary N) is 2. The number of benzene rings is 1. The summed E-state index contributed by atoms with van der Waals surface area (Å²) in [6.45, 7) is 7.26. The van der Waals surface area contributed by atoms with Gasteiger partial charge in [-0.25, -0.2) is 8.78 Å². The topological polar surface area (TPSA) is 75.3 Å². The van der Waals surface area contributed by atoms with Gasteiger partial charge in [0.25, 0.3) is 0 Å². The quantitative estimate of drug-likeness (QED) is 0.702. The third-order valence-corrected chi connectivity index (χ3v) is 3.89. The third kappa shape index (κ3) is 7.82. The Hall–Kier alpha value is -2.15. The second-order valence-electron chi connectivity index (χ2n) is 6.88. The minimum atomic E-state index is -0.789. The lowest BCUT2D eigenvalue weighted by atomic mass is 10.0. The SMILES string of the molecule is CC(C)CCC(=O)[C@H](C)N[C@@H](C)C(=O)NC(=O)Cc1cc(F)cc(F)c1. The number of Topliss-reactive ketones (excluding diaryl/α,β-unsaturated/α-hetero) is 1. The van der Waals surface area contributed by atoms with Crippen LogP contribution in [0.1, 0.15) is 46.1 Å². The van der Waals surface area contributed by atoms with Crippen molar-refractivity contribution in [2.75, 3.05) is 0 Å². The van der Waals surface area contributed by atoms with Crippen LogP contribution in [0.25, 0.3) is 0 Å². The van der Waals surface area contributed by atoms with E-state index in [2.05, 4.69) is 10.6 Å². The maximum absolute atomic E-state index is 13.1. The van der Waals surface area contributed by atoms with Crippen molar-refractivity contribution in [1.82, 2.24) is 10.6 Å². The van der Waals surface area contributed by atoms with Crippen molar-refractivity contribution in [3.63, 3.8) is 0 Å². The molecule has 7 heteroatoms. The molecule has 0 aromatic heterocycles. The van der Waals surface area contributed by atoms with Crippen LogP contribution < -0.4 is 10.6 Å². The van der Waals surface area contributed by atoms with E-state index < -0.39 is 35.5 Å². The molecular formula is C19H26F2N2O3. The minimum Gasteiger partial charge on any atom is -0.298 e. The summed E-state index contributed by atoms with van der Waals surface area (Å²) in [5, 5.41) is 5.02. The molecule has 5 nitrogen and oxygen atoms in total. The first-order valence-electron chi connectivity index (χ1n) is 8.66. The molecule has 26 heavy (non-hydrogen) atoms. The number of ketones is 1. The van der Waals surface area contributed by atoms with Crippen molar-refractivity contribution in [1.29, 1.82) is 0 Å². The highest BCUT2D eigenvalue weighted by Gasteiger charge is 2.21. The molecule has 0 aliphatic carbocycles. The predicted octanol–water partition coefficient (Wildman–Crippen LogP) is 2.52. The van der Waals surface area contributed by atoms with Crippen molar-refractivity contribution in [2.45, 2.75) is 59.0 Å². The lowest BCUT2D eigenvalue weighted by Crippen LogP contribution is -2.49. The molecule has 0 saturated carbocycles. The predicted molar refractivity (Wildman–Crippen MR) is 94.4 cm³/mol. The number of halogens is 2. The Bertz CT molecular complexity index is 642. The number of carbonyl (C=O) groups is 3. The van der Waals surface area contributed by atoms with Gasteiger partial charge in [0.2, 0.25) is 11.8 Å².